The summed E-state index contributed by atoms with van der Waals surface area (Å²) >= 11 is 0. The SMILES string of the molecule is Cc1ccc(N2C[C@]34C=C[C@H](O3)[C@H](C(=O)OCC(C)C)[C@H]4C2=O)cc1. The number of benzene rings is 1. The smallest absolute Gasteiger partial charge is 0.312 e. The molecule has 132 valence electrons. The minimum atomic E-state index is -0.700. The fraction of sp³-hybridized carbons (Fsp3) is 0.500. The van der Waals surface area contributed by atoms with Crippen molar-refractivity contribution >= 4 is 17.6 Å². The first-order chi connectivity index (χ1) is 11.9. The molecule has 3 aliphatic heterocycles. The Bertz CT molecular complexity index is 739. The van der Waals surface area contributed by atoms with Crippen LogP contribution >= 0.6 is 0 Å². The normalized spacial score (nSPS) is 32.6. The van der Waals surface area contributed by atoms with E-state index in [1.54, 1.807) is 4.90 Å². The van der Waals surface area contributed by atoms with Crippen LogP contribution in [-0.4, -0.2) is 36.7 Å². The predicted octanol–water partition coefficient (Wildman–Crippen LogP) is 2.48. The molecule has 25 heavy (non-hydrogen) atoms. The summed E-state index contributed by atoms with van der Waals surface area (Å²) in [7, 11) is 0. The number of fused-ring (bicyclic) bond motifs is 1. The molecule has 0 saturated carbocycles. The number of hydrogen-bond acceptors (Lipinski definition) is 4. The van der Waals surface area contributed by atoms with E-state index in [0.717, 1.165) is 11.3 Å². The van der Waals surface area contributed by atoms with Crippen molar-refractivity contribution in [3.63, 3.8) is 0 Å². The lowest BCUT2D eigenvalue weighted by atomic mass is 9.77. The van der Waals surface area contributed by atoms with Crippen molar-refractivity contribution in [1.29, 1.82) is 0 Å². The minimum absolute atomic E-state index is 0.0535. The summed E-state index contributed by atoms with van der Waals surface area (Å²) in [5, 5.41) is 0. The van der Waals surface area contributed by atoms with E-state index in [1.165, 1.54) is 0 Å². The van der Waals surface area contributed by atoms with Crippen LogP contribution in [0.1, 0.15) is 19.4 Å². The zero-order valence-electron chi connectivity index (χ0n) is 14.8. The molecule has 5 nitrogen and oxygen atoms in total. The zero-order valence-corrected chi connectivity index (χ0v) is 14.8. The Kier molecular flexibility index (Phi) is 3.72. The number of aryl methyl sites for hydroxylation is 1. The number of esters is 1. The van der Waals surface area contributed by atoms with Gasteiger partial charge in [0.1, 0.15) is 11.5 Å². The molecule has 3 aliphatic rings. The molecule has 3 heterocycles. The van der Waals surface area contributed by atoms with E-state index in [1.807, 2.05) is 57.2 Å². The van der Waals surface area contributed by atoms with Crippen LogP contribution in [0, 0.1) is 24.7 Å². The van der Waals surface area contributed by atoms with Gasteiger partial charge in [0.25, 0.3) is 0 Å². The number of carbonyl (C=O) groups excluding carboxylic acids is 2. The lowest BCUT2D eigenvalue weighted by molar-refractivity contribution is -0.153. The Labute approximate surface area is 147 Å². The van der Waals surface area contributed by atoms with E-state index < -0.39 is 17.4 Å². The van der Waals surface area contributed by atoms with Gasteiger partial charge in [0.05, 0.1) is 25.2 Å². The average Bonchev–Trinajstić information content (AvgIpc) is 3.22. The predicted molar refractivity (Wildman–Crippen MR) is 93.1 cm³/mol. The highest BCUT2D eigenvalue weighted by molar-refractivity contribution is 6.02. The molecule has 2 saturated heterocycles. The molecule has 0 unspecified atom stereocenters. The van der Waals surface area contributed by atoms with Gasteiger partial charge in [0.2, 0.25) is 5.91 Å². The van der Waals surface area contributed by atoms with Gasteiger partial charge in [0.15, 0.2) is 0 Å². The van der Waals surface area contributed by atoms with Gasteiger partial charge in [-0.1, -0.05) is 43.7 Å². The lowest BCUT2D eigenvalue weighted by Gasteiger charge is -2.23. The molecule has 1 spiro atoms. The Morgan fingerprint density at radius 2 is 2.08 bits per heavy atom. The van der Waals surface area contributed by atoms with Crippen LogP contribution in [0.2, 0.25) is 0 Å². The Hall–Kier alpha value is -2.14. The summed E-state index contributed by atoms with van der Waals surface area (Å²) in [6.45, 7) is 6.80. The number of carbonyl (C=O) groups is 2. The van der Waals surface area contributed by atoms with Crippen LogP contribution in [0.25, 0.3) is 0 Å². The zero-order chi connectivity index (χ0) is 17.8. The molecule has 1 amide bonds. The van der Waals surface area contributed by atoms with Gasteiger partial charge in [0, 0.05) is 5.69 Å². The van der Waals surface area contributed by atoms with Gasteiger partial charge in [-0.05, 0) is 25.0 Å². The maximum absolute atomic E-state index is 13.1. The Balaban J connectivity index is 1.61. The fourth-order valence-electron chi connectivity index (χ4n) is 4.06. The third-order valence-electron chi connectivity index (χ3n) is 5.28. The molecule has 0 N–H and O–H groups in total. The molecule has 2 bridgehead atoms. The van der Waals surface area contributed by atoms with E-state index in [9.17, 15) is 9.59 Å². The highest BCUT2D eigenvalue weighted by Gasteiger charge is 2.67. The van der Waals surface area contributed by atoms with Crippen LogP contribution in [0.3, 0.4) is 0 Å². The first-order valence-electron chi connectivity index (χ1n) is 8.83. The van der Waals surface area contributed by atoms with Gasteiger partial charge < -0.3 is 14.4 Å². The van der Waals surface area contributed by atoms with Crippen molar-refractivity contribution in [3.05, 3.63) is 42.0 Å². The highest BCUT2D eigenvalue weighted by Crippen LogP contribution is 2.52. The van der Waals surface area contributed by atoms with Crippen LogP contribution in [0.5, 0.6) is 0 Å². The van der Waals surface area contributed by atoms with Gasteiger partial charge in [-0.2, -0.15) is 0 Å². The second kappa shape index (κ2) is 5.70. The number of rotatable bonds is 4. The Morgan fingerprint density at radius 1 is 1.36 bits per heavy atom. The van der Waals surface area contributed by atoms with Crippen molar-refractivity contribution in [2.75, 3.05) is 18.1 Å². The summed E-state index contributed by atoms with van der Waals surface area (Å²) in [4.78, 5) is 27.5. The number of nitrogens with zero attached hydrogens (tertiary/aromatic N) is 1. The summed E-state index contributed by atoms with van der Waals surface area (Å²) in [5.41, 5.74) is 1.28. The average molecular weight is 341 g/mol. The minimum Gasteiger partial charge on any atom is -0.465 e. The third kappa shape index (κ3) is 2.49. The van der Waals surface area contributed by atoms with E-state index in [-0.39, 0.29) is 23.9 Å². The van der Waals surface area contributed by atoms with E-state index in [2.05, 4.69) is 0 Å². The van der Waals surface area contributed by atoms with Crippen LogP contribution in [0.4, 0.5) is 5.69 Å². The monoisotopic (exact) mass is 341 g/mol. The first-order valence-corrected chi connectivity index (χ1v) is 8.83. The van der Waals surface area contributed by atoms with Crippen LogP contribution in [0.15, 0.2) is 36.4 Å². The van der Waals surface area contributed by atoms with Gasteiger partial charge in [-0.25, -0.2) is 0 Å². The molecule has 0 aliphatic carbocycles. The fourth-order valence-corrected chi connectivity index (χ4v) is 4.06. The van der Waals surface area contributed by atoms with Crippen molar-refractivity contribution in [3.8, 4) is 0 Å². The topological polar surface area (TPSA) is 55.8 Å². The standard InChI is InChI=1S/C20H23NO4/c1-12(2)10-24-19(23)16-15-8-9-20(25-15)11-21(18(22)17(16)20)14-6-4-13(3)5-7-14/h4-9,12,15-17H,10-11H2,1-3H3/t15-,16-,17-,20-/m0/s1. The third-order valence-corrected chi connectivity index (χ3v) is 5.28. The molecular formula is C20H23NO4. The van der Waals surface area contributed by atoms with E-state index >= 15 is 0 Å². The van der Waals surface area contributed by atoms with Gasteiger partial charge >= 0.3 is 5.97 Å². The molecule has 2 fully saturated rings. The summed E-state index contributed by atoms with van der Waals surface area (Å²) < 4.78 is 11.5. The van der Waals surface area contributed by atoms with E-state index in [4.69, 9.17) is 9.47 Å². The maximum Gasteiger partial charge on any atom is 0.312 e. The summed E-state index contributed by atoms with van der Waals surface area (Å²) in [6.07, 6.45) is 3.51. The second-order valence-corrected chi connectivity index (χ2v) is 7.68. The molecule has 1 aromatic carbocycles. The molecule has 4 atom stereocenters. The molecule has 4 rings (SSSR count). The number of ether oxygens (including phenoxy) is 2. The van der Waals surface area contributed by atoms with Crippen LogP contribution in [-0.2, 0) is 19.1 Å². The number of amides is 1. The molecule has 5 heteroatoms. The van der Waals surface area contributed by atoms with Crippen LogP contribution < -0.4 is 4.90 Å². The molecular weight excluding hydrogens is 318 g/mol. The summed E-state index contributed by atoms with van der Waals surface area (Å²) in [5.74, 6) is -1.16. The van der Waals surface area contributed by atoms with Crippen molar-refractivity contribution in [2.45, 2.75) is 32.5 Å². The summed E-state index contributed by atoms with van der Waals surface area (Å²) in [6, 6.07) is 7.84. The van der Waals surface area contributed by atoms with Crippen molar-refractivity contribution in [1.82, 2.24) is 0 Å². The van der Waals surface area contributed by atoms with E-state index in [0.29, 0.717) is 13.2 Å². The molecule has 0 radical (unpaired) electrons. The van der Waals surface area contributed by atoms with Crippen molar-refractivity contribution < 1.29 is 19.1 Å². The quantitative estimate of drug-likeness (QED) is 0.624. The number of anilines is 1. The molecule has 0 aromatic heterocycles. The first kappa shape index (κ1) is 16.3. The van der Waals surface area contributed by atoms with Gasteiger partial charge in [-0.15, -0.1) is 0 Å². The highest BCUT2D eigenvalue weighted by atomic mass is 16.6. The second-order valence-electron chi connectivity index (χ2n) is 7.68. The number of hydrogen-bond donors (Lipinski definition) is 0. The largest absolute Gasteiger partial charge is 0.465 e. The van der Waals surface area contributed by atoms with Crippen molar-refractivity contribution in [2.24, 2.45) is 17.8 Å². The Morgan fingerprint density at radius 3 is 2.76 bits per heavy atom. The van der Waals surface area contributed by atoms with Gasteiger partial charge in [-0.3, -0.25) is 9.59 Å². The maximum atomic E-state index is 13.1. The molecule has 1 aromatic rings. The lowest BCUT2D eigenvalue weighted by Crippen LogP contribution is -2.40.